The second-order valence-corrected chi connectivity index (χ2v) is 5.00. The van der Waals surface area contributed by atoms with E-state index < -0.39 is 11.9 Å². The SMILES string of the molecule is CCN(CC(C)C(=O)O)C(=O)NCc1ccc(Cl)cc1. The van der Waals surface area contributed by atoms with Crippen LogP contribution in [0.2, 0.25) is 5.02 Å². The zero-order valence-corrected chi connectivity index (χ0v) is 12.4. The molecule has 0 radical (unpaired) electrons. The lowest BCUT2D eigenvalue weighted by Crippen LogP contribution is -2.42. The van der Waals surface area contributed by atoms with E-state index in [1.54, 1.807) is 19.1 Å². The smallest absolute Gasteiger partial charge is 0.317 e. The number of carbonyl (C=O) groups is 2. The summed E-state index contributed by atoms with van der Waals surface area (Å²) in [4.78, 5) is 24.3. The van der Waals surface area contributed by atoms with Gasteiger partial charge in [-0.3, -0.25) is 4.79 Å². The lowest BCUT2D eigenvalue weighted by molar-refractivity contribution is -0.141. The predicted molar refractivity (Wildman–Crippen MR) is 77.7 cm³/mol. The Balaban J connectivity index is 2.51. The van der Waals surface area contributed by atoms with Crippen LogP contribution in [0.25, 0.3) is 0 Å². The fourth-order valence-corrected chi connectivity index (χ4v) is 1.78. The zero-order chi connectivity index (χ0) is 15.1. The Kier molecular flexibility index (Phi) is 6.31. The Bertz CT molecular complexity index is 462. The molecule has 0 saturated heterocycles. The Hall–Kier alpha value is -1.75. The number of hydrogen-bond donors (Lipinski definition) is 2. The molecule has 2 N–H and O–H groups in total. The first kappa shape index (κ1) is 16.3. The van der Waals surface area contributed by atoms with Crippen molar-refractivity contribution in [2.24, 2.45) is 5.92 Å². The number of rotatable bonds is 6. The van der Waals surface area contributed by atoms with E-state index in [0.29, 0.717) is 18.1 Å². The zero-order valence-electron chi connectivity index (χ0n) is 11.6. The molecule has 0 aliphatic heterocycles. The molecule has 2 amide bonds. The summed E-state index contributed by atoms with van der Waals surface area (Å²) in [6.45, 7) is 4.43. The van der Waals surface area contributed by atoms with Gasteiger partial charge in [-0.05, 0) is 24.6 Å². The summed E-state index contributed by atoms with van der Waals surface area (Å²) in [5, 5.41) is 12.3. The van der Waals surface area contributed by atoms with Gasteiger partial charge in [0.2, 0.25) is 0 Å². The predicted octanol–water partition coefficient (Wildman–Crippen LogP) is 2.59. The fraction of sp³-hybridized carbons (Fsp3) is 0.429. The standard InChI is InChI=1S/C14H19ClN2O3/c1-3-17(9-10(2)13(18)19)14(20)16-8-11-4-6-12(15)7-5-11/h4-7,10H,3,8-9H2,1-2H3,(H,16,20)(H,18,19). The quantitative estimate of drug-likeness (QED) is 0.848. The number of aliphatic carboxylic acids is 1. The fourth-order valence-electron chi connectivity index (χ4n) is 1.66. The van der Waals surface area contributed by atoms with Crippen LogP contribution < -0.4 is 5.32 Å². The van der Waals surface area contributed by atoms with Crippen molar-refractivity contribution in [3.05, 3.63) is 34.9 Å². The molecule has 0 bridgehead atoms. The van der Waals surface area contributed by atoms with Crippen LogP contribution in [0.15, 0.2) is 24.3 Å². The second-order valence-electron chi connectivity index (χ2n) is 4.56. The van der Waals surface area contributed by atoms with Crippen LogP contribution in [-0.2, 0) is 11.3 Å². The van der Waals surface area contributed by atoms with Crippen molar-refractivity contribution in [1.29, 1.82) is 0 Å². The maximum atomic E-state index is 12.0. The summed E-state index contributed by atoms with van der Waals surface area (Å²) in [6.07, 6.45) is 0. The highest BCUT2D eigenvalue weighted by Crippen LogP contribution is 2.09. The first-order chi connectivity index (χ1) is 9.43. The average Bonchev–Trinajstić information content (AvgIpc) is 2.43. The molecular formula is C14H19ClN2O3. The van der Waals surface area contributed by atoms with Crippen molar-refractivity contribution < 1.29 is 14.7 Å². The molecule has 1 aromatic rings. The van der Waals surface area contributed by atoms with Gasteiger partial charge in [0.25, 0.3) is 0 Å². The Labute approximate surface area is 123 Å². The van der Waals surface area contributed by atoms with Crippen molar-refractivity contribution in [3.63, 3.8) is 0 Å². The molecule has 0 spiro atoms. The largest absolute Gasteiger partial charge is 0.481 e. The highest BCUT2D eigenvalue weighted by molar-refractivity contribution is 6.30. The number of nitrogens with one attached hydrogen (secondary N) is 1. The minimum absolute atomic E-state index is 0.193. The Morgan fingerprint density at radius 2 is 1.95 bits per heavy atom. The number of nitrogens with zero attached hydrogens (tertiary/aromatic N) is 1. The van der Waals surface area contributed by atoms with Crippen LogP contribution in [0, 0.1) is 5.92 Å². The molecule has 1 atom stereocenters. The third-order valence-electron chi connectivity index (χ3n) is 2.94. The van der Waals surface area contributed by atoms with E-state index in [4.69, 9.17) is 16.7 Å². The van der Waals surface area contributed by atoms with Crippen molar-refractivity contribution in [2.75, 3.05) is 13.1 Å². The second kappa shape index (κ2) is 7.75. The van der Waals surface area contributed by atoms with Crippen LogP contribution in [0.3, 0.4) is 0 Å². The van der Waals surface area contributed by atoms with Crippen molar-refractivity contribution in [3.8, 4) is 0 Å². The summed E-state index contributed by atoms with van der Waals surface area (Å²) >= 11 is 5.78. The van der Waals surface area contributed by atoms with Crippen molar-refractivity contribution in [1.82, 2.24) is 10.2 Å². The van der Waals surface area contributed by atoms with Crippen LogP contribution in [0.1, 0.15) is 19.4 Å². The van der Waals surface area contributed by atoms with Crippen molar-refractivity contribution in [2.45, 2.75) is 20.4 Å². The summed E-state index contributed by atoms with van der Waals surface area (Å²) < 4.78 is 0. The van der Waals surface area contributed by atoms with Crippen LogP contribution in [0.4, 0.5) is 4.79 Å². The van der Waals surface area contributed by atoms with Gasteiger partial charge < -0.3 is 15.3 Å². The molecule has 0 aliphatic rings. The highest BCUT2D eigenvalue weighted by atomic mass is 35.5. The van der Waals surface area contributed by atoms with Crippen LogP contribution in [-0.4, -0.2) is 35.1 Å². The molecule has 5 nitrogen and oxygen atoms in total. The van der Waals surface area contributed by atoms with Gasteiger partial charge in [0.1, 0.15) is 0 Å². The van der Waals surface area contributed by atoms with E-state index in [9.17, 15) is 9.59 Å². The molecule has 1 unspecified atom stereocenters. The molecule has 0 aliphatic carbocycles. The number of carboxylic acids is 1. The average molecular weight is 299 g/mol. The van der Waals surface area contributed by atoms with E-state index >= 15 is 0 Å². The third kappa shape index (κ3) is 5.09. The molecule has 0 aromatic heterocycles. The molecule has 20 heavy (non-hydrogen) atoms. The van der Waals surface area contributed by atoms with E-state index in [0.717, 1.165) is 5.56 Å². The van der Waals surface area contributed by atoms with Crippen LogP contribution in [0.5, 0.6) is 0 Å². The first-order valence-electron chi connectivity index (χ1n) is 6.44. The topological polar surface area (TPSA) is 69.6 Å². The summed E-state index contributed by atoms with van der Waals surface area (Å²) in [6, 6.07) is 6.91. The summed E-state index contributed by atoms with van der Waals surface area (Å²) in [5.74, 6) is -1.50. The molecule has 0 saturated carbocycles. The van der Waals surface area contributed by atoms with E-state index in [1.165, 1.54) is 4.90 Å². The monoisotopic (exact) mass is 298 g/mol. The minimum Gasteiger partial charge on any atom is -0.481 e. The number of halogens is 1. The molecular weight excluding hydrogens is 280 g/mol. The van der Waals surface area contributed by atoms with Gasteiger partial charge in [-0.1, -0.05) is 30.7 Å². The van der Waals surface area contributed by atoms with Gasteiger partial charge in [-0.15, -0.1) is 0 Å². The van der Waals surface area contributed by atoms with Gasteiger partial charge in [-0.2, -0.15) is 0 Å². The highest BCUT2D eigenvalue weighted by Gasteiger charge is 2.18. The van der Waals surface area contributed by atoms with Gasteiger partial charge >= 0.3 is 12.0 Å². The maximum Gasteiger partial charge on any atom is 0.317 e. The van der Waals surface area contributed by atoms with Crippen LogP contribution >= 0.6 is 11.6 Å². The third-order valence-corrected chi connectivity index (χ3v) is 3.19. The Morgan fingerprint density at radius 1 is 1.35 bits per heavy atom. The van der Waals surface area contributed by atoms with E-state index in [1.807, 2.05) is 19.1 Å². The van der Waals surface area contributed by atoms with Gasteiger partial charge in [0.05, 0.1) is 5.92 Å². The van der Waals surface area contributed by atoms with Gasteiger partial charge in [0.15, 0.2) is 0 Å². The molecule has 110 valence electrons. The minimum atomic E-state index is -0.908. The van der Waals surface area contributed by atoms with E-state index in [2.05, 4.69) is 5.32 Å². The lowest BCUT2D eigenvalue weighted by Gasteiger charge is -2.23. The molecule has 1 rings (SSSR count). The number of benzene rings is 1. The summed E-state index contributed by atoms with van der Waals surface area (Å²) in [7, 11) is 0. The maximum absolute atomic E-state index is 12.0. The Morgan fingerprint density at radius 3 is 2.45 bits per heavy atom. The summed E-state index contributed by atoms with van der Waals surface area (Å²) in [5.41, 5.74) is 0.935. The van der Waals surface area contributed by atoms with Crippen molar-refractivity contribution >= 4 is 23.6 Å². The lowest BCUT2D eigenvalue weighted by atomic mass is 10.2. The van der Waals surface area contributed by atoms with Gasteiger partial charge in [-0.25, -0.2) is 4.79 Å². The normalized spacial score (nSPS) is 11.8. The molecule has 0 fully saturated rings. The molecule has 1 aromatic carbocycles. The molecule has 6 heteroatoms. The van der Waals surface area contributed by atoms with E-state index in [-0.39, 0.29) is 12.6 Å². The first-order valence-corrected chi connectivity index (χ1v) is 6.81. The number of hydrogen-bond acceptors (Lipinski definition) is 2. The molecule has 0 heterocycles. The number of carbonyl (C=O) groups excluding carboxylic acids is 1. The number of carboxylic acid groups (broad SMARTS) is 1. The van der Waals surface area contributed by atoms with Gasteiger partial charge in [0, 0.05) is 24.7 Å². The number of amides is 2. The number of urea groups is 1.